The normalized spacial score (nSPS) is 11.3. The maximum absolute atomic E-state index is 2.30. The first-order chi connectivity index (χ1) is 12.9. The molecule has 26 heavy (non-hydrogen) atoms. The fraction of sp³-hybridized carbons (Fsp3) is 1.00. The van der Waals surface area contributed by atoms with E-state index in [1.807, 2.05) is 19.7 Å². The van der Waals surface area contributed by atoms with E-state index in [1.54, 1.807) is 0 Å². The summed E-state index contributed by atoms with van der Waals surface area (Å²) < 4.78 is 0. The highest BCUT2D eigenvalue weighted by atomic mass is 33.7. The van der Waals surface area contributed by atoms with Gasteiger partial charge in [-0.25, -0.2) is 0 Å². The minimum atomic E-state index is 1.34. The first kappa shape index (κ1) is 27.4. The molecule has 0 saturated carbocycles. The lowest BCUT2D eigenvalue weighted by Crippen LogP contribution is -1.82. The quantitative estimate of drug-likeness (QED) is 0.115. The van der Waals surface area contributed by atoms with Crippen LogP contribution in [0.3, 0.4) is 0 Å². The van der Waals surface area contributed by atoms with Crippen molar-refractivity contribution < 1.29 is 0 Å². The summed E-state index contributed by atoms with van der Waals surface area (Å²) in [4.78, 5) is 0. The van der Waals surface area contributed by atoms with Crippen LogP contribution in [0.25, 0.3) is 0 Å². The highest BCUT2D eigenvalue weighted by Crippen LogP contribution is 2.43. The van der Waals surface area contributed by atoms with Gasteiger partial charge in [-0.05, 0) is 32.5 Å². The maximum atomic E-state index is 2.30. The Labute approximate surface area is 181 Å². The van der Waals surface area contributed by atoms with Crippen LogP contribution in [0.15, 0.2) is 0 Å². The lowest BCUT2D eigenvalue weighted by atomic mass is 10.1. The van der Waals surface area contributed by atoms with Gasteiger partial charge < -0.3 is 0 Å². The molecule has 158 valence electrons. The van der Waals surface area contributed by atoms with Crippen molar-refractivity contribution in [3.63, 3.8) is 0 Å². The van der Waals surface area contributed by atoms with E-state index in [-0.39, 0.29) is 0 Å². The summed E-state index contributed by atoms with van der Waals surface area (Å²) in [7, 11) is 8.15. The first-order valence-corrected chi connectivity index (χ1v) is 16.6. The Hall–Kier alpha value is 1.40. The zero-order chi connectivity index (χ0) is 19.0. The molecule has 0 unspecified atom stereocenters. The highest BCUT2D eigenvalue weighted by molar-refractivity contribution is 9.26. The molecule has 0 heterocycles. The van der Waals surface area contributed by atoms with Gasteiger partial charge in [0.1, 0.15) is 0 Å². The Kier molecular flexibility index (Phi) is 27.8. The van der Waals surface area contributed by atoms with Crippen molar-refractivity contribution in [1.29, 1.82) is 0 Å². The molecule has 0 spiro atoms. The summed E-state index contributed by atoms with van der Waals surface area (Å²) in [6.45, 7) is 4.59. The Morgan fingerprint density at radius 2 is 0.615 bits per heavy atom. The van der Waals surface area contributed by atoms with Crippen LogP contribution in [-0.4, -0.2) is 11.5 Å². The fourth-order valence-electron chi connectivity index (χ4n) is 3.05. The first-order valence-electron chi connectivity index (χ1n) is 11.5. The van der Waals surface area contributed by atoms with Crippen LogP contribution in [0.4, 0.5) is 0 Å². The zero-order valence-corrected chi connectivity index (χ0v) is 21.0. The topological polar surface area (TPSA) is 0 Å². The summed E-state index contributed by atoms with van der Waals surface area (Å²) in [6, 6.07) is 0. The lowest BCUT2D eigenvalue weighted by Gasteiger charge is -2.03. The molecule has 0 aliphatic rings. The van der Waals surface area contributed by atoms with Crippen molar-refractivity contribution in [2.24, 2.45) is 0 Å². The van der Waals surface area contributed by atoms with E-state index in [9.17, 15) is 0 Å². The van der Waals surface area contributed by atoms with Gasteiger partial charge in [-0.15, -0.1) is 0 Å². The van der Waals surface area contributed by atoms with Crippen molar-refractivity contribution in [2.75, 3.05) is 11.5 Å². The third-order valence-corrected chi connectivity index (χ3v) is 11.4. The predicted molar refractivity (Wildman–Crippen MR) is 135 cm³/mol. The van der Waals surface area contributed by atoms with Gasteiger partial charge in [0.2, 0.25) is 0 Å². The van der Waals surface area contributed by atoms with Crippen LogP contribution >= 0.6 is 41.2 Å². The molecule has 0 fully saturated rings. The molecule has 0 nitrogen and oxygen atoms in total. The van der Waals surface area contributed by atoms with Gasteiger partial charge in [-0.1, -0.05) is 138 Å². The molecule has 0 radical (unpaired) electrons. The van der Waals surface area contributed by atoms with Crippen LogP contribution in [0.2, 0.25) is 0 Å². The van der Waals surface area contributed by atoms with Gasteiger partial charge in [-0.3, -0.25) is 0 Å². The number of unbranched alkanes of at least 4 members (excludes halogenated alkanes) is 16. The number of hydrogen-bond acceptors (Lipinski definition) is 4. The molecule has 0 aromatic carbocycles. The van der Waals surface area contributed by atoms with E-state index in [4.69, 9.17) is 0 Å². The number of hydrogen-bond donors (Lipinski definition) is 0. The van der Waals surface area contributed by atoms with E-state index in [1.165, 1.54) is 127 Å². The van der Waals surface area contributed by atoms with Crippen molar-refractivity contribution in [3.05, 3.63) is 0 Å². The average molecular weight is 439 g/mol. The second-order valence-electron chi connectivity index (χ2n) is 7.44. The summed E-state index contributed by atoms with van der Waals surface area (Å²) in [6.07, 6.45) is 25.9. The number of rotatable bonds is 23. The van der Waals surface area contributed by atoms with Crippen LogP contribution in [0, 0.1) is 0 Å². The standard InChI is InChI=1S/C22H46S4/c1-3-5-7-9-11-13-15-17-19-21-23-25-26-24-22-20-18-16-14-12-10-8-6-4-2/h3-22H2,1-2H3. The summed E-state index contributed by atoms with van der Waals surface area (Å²) >= 11 is 0. The van der Waals surface area contributed by atoms with E-state index < -0.39 is 0 Å². The largest absolute Gasteiger partial charge is 0.0817 e. The van der Waals surface area contributed by atoms with Crippen molar-refractivity contribution in [3.8, 4) is 0 Å². The van der Waals surface area contributed by atoms with Crippen LogP contribution in [-0.2, 0) is 0 Å². The molecular weight excluding hydrogens is 393 g/mol. The Morgan fingerprint density at radius 3 is 0.923 bits per heavy atom. The minimum Gasteiger partial charge on any atom is -0.0817 e. The van der Waals surface area contributed by atoms with Gasteiger partial charge in [0.05, 0.1) is 0 Å². The molecule has 0 N–H and O–H groups in total. The third kappa shape index (κ3) is 25.4. The van der Waals surface area contributed by atoms with Crippen molar-refractivity contribution in [1.82, 2.24) is 0 Å². The molecule has 0 aliphatic carbocycles. The third-order valence-electron chi connectivity index (χ3n) is 4.79. The Bertz CT molecular complexity index is 212. The SMILES string of the molecule is CCCCCCCCCCCSSSSCCCCCCCCCCC. The average Bonchev–Trinajstić information content (AvgIpc) is 2.66. The molecule has 0 aliphatic heterocycles. The van der Waals surface area contributed by atoms with Gasteiger partial charge in [0.15, 0.2) is 0 Å². The Morgan fingerprint density at radius 1 is 0.346 bits per heavy atom. The van der Waals surface area contributed by atoms with Gasteiger partial charge >= 0.3 is 0 Å². The molecule has 0 saturated heterocycles. The molecule has 0 amide bonds. The second-order valence-corrected chi connectivity index (χ2v) is 13.7. The molecule has 0 rings (SSSR count). The summed E-state index contributed by atoms with van der Waals surface area (Å²) in [5, 5.41) is 0. The molecule has 0 aromatic heterocycles. The van der Waals surface area contributed by atoms with E-state index in [2.05, 4.69) is 35.4 Å². The molecular formula is C22H46S4. The highest BCUT2D eigenvalue weighted by Gasteiger charge is 1.96. The van der Waals surface area contributed by atoms with Crippen molar-refractivity contribution >= 4 is 41.2 Å². The smallest absolute Gasteiger partial charge is 0.00454 e. The Balaban J connectivity index is 2.95. The summed E-state index contributed by atoms with van der Waals surface area (Å²) in [5.74, 6) is 2.68. The van der Waals surface area contributed by atoms with Gasteiger partial charge in [-0.2, -0.15) is 0 Å². The lowest BCUT2D eigenvalue weighted by molar-refractivity contribution is 0.573. The van der Waals surface area contributed by atoms with Gasteiger partial charge in [0, 0.05) is 11.5 Å². The molecule has 0 atom stereocenters. The molecule has 4 heteroatoms. The van der Waals surface area contributed by atoms with E-state index in [0.717, 1.165) is 0 Å². The minimum absolute atomic E-state index is 1.34. The van der Waals surface area contributed by atoms with Gasteiger partial charge in [0.25, 0.3) is 0 Å². The predicted octanol–water partition coefficient (Wildman–Crippen LogP) is 10.7. The van der Waals surface area contributed by atoms with Crippen LogP contribution < -0.4 is 0 Å². The summed E-state index contributed by atoms with van der Waals surface area (Å²) in [5.41, 5.74) is 0. The second kappa shape index (κ2) is 26.4. The fourth-order valence-corrected chi connectivity index (χ4v) is 9.31. The van der Waals surface area contributed by atoms with E-state index in [0.29, 0.717) is 0 Å². The molecule has 0 bridgehead atoms. The maximum Gasteiger partial charge on any atom is 0.00454 e. The van der Waals surface area contributed by atoms with Crippen LogP contribution in [0.1, 0.15) is 129 Å². The zero-order valence-electron chi connectivity index (χ0n) is 17.8. The van der Waals surface area contributed by atoms with Crippen molar-refractivity contribution in [2.45, 2.75) is 129 Å². The van der Waals surface area contributed by atoms with Crippen LogP contribution in [0.5, 0.6) is 0 Å². The molecule has 0 aromatic rings. The monoisotopic (exact) mass is 438 g/mol. The van der Waals surface area contributed by atoms with E-state index >= 15 is 0 Å².